The Morgan fingerprint density at radius 2 is 2.15 bits per heavy atom. The van der Waals surface area contributed by atoms with Gasteiger partial charge in [0.1, 0.15) is 0 Å². The molecule has 2 aromatic heterocycles. The zero-order chi connectivity index (χ0) is 9.42. The fourth-order valence-electron chi connectivity index (χ4n) is 1.06. The van der Waals surface area contributed by atoms with Crippen LogP contribution in [0.3, 0.4) is 0 Å². The van der Waals surface area contributed by atoms with E-state index >= 15 is 0 Å². The van der Waals surface area contributed by atoms with Crippen LogP contribution in [0.25, 0.3) is 5.95 Å². The summed E-state index contributed by atoms with van der Waals surface area (Å²) in [6, 6.07) is 0. The normalized spacial score (nSPS) is 10.7. The Balaban J connectivity index is 2.59. The van der Waals surface area contributed by atoms with Crippen LogP contribution in [0.4, 0.5) is 0 Å². The number of nitrogens with one attached hydrogen (secondary N) is 1. The van der Waals surface area contributed by atoms with Crippen molar-refractivity contribution in [3.8, 4) is 5.95 Å². The van der Waals surface area contributed by atoms with Crippen molar-refractivity contribution in [2.75, 3.05) is 0 Å². The summed E-state index contributed by atoms with van der Waals surface area (Å²) in [7, 11) is 0. The maximum Gasteiger partial charge on any atom is 0.290 e. The minimum absolute atomic E-state index is 0.450. The minimum atomic E-state index is 0.450. The molecule has 0 aliphatic rings. The molecule has 0 aromatic carbocycles. The van der Waals surface area contributed by atoms with Gasteiger partial charge in [-0.2, -0.15) is 15.0 Å². The maximum atomic E-state index is 4.24. The van der Waals surface area contributed by atoms with E-state index in [-0.39, 0.29) is 0 Å². The average molecular weight is 243 g/mol. The van der Waals surface area contributed by atoms with Crippen molar-refractivity contribution in [2.24, 2.45) is 0 Å². The molecule has 0 radical (unpaired) electrons. The number of halogens is 1. The molecular formula is C6H7BrN6. The van der Waals surface area contributed by atoms with E-state index in [1.165, 1.54) is 0 Å². The van der Waals surface area contributed by atoms with Gasteiger partial charge in [-0.15, -0.1) is 5.10 Å². The molecule has 0 amide bonds. The Bertz CT molecular complexity index is 417. The van der Waals surface area contributed by atoms with Gasteiger partial charge >= 0.3 is 0 Å². The number of aromatic nitrogens is 6. The van der Waals surface area contributed by atoms with Gasteiger partial charge in [-0.05, 0) is 35.0 Å². The van der Waals surface area contributed by atoms with Crippen molar-refractivity contribution in [2.45, 2.75) is 13.8 Å². The van der Waals surface area contributed by atoms with Gasteiger partial charge < -0.3 is 0 Å². The van der Waals surface area contributed by atoms with Gasteiger partial charge in [-0.25, -0.2) is 0 Å². The van der Waals surface area contributed by atoms with E-state index < -0.39 is 0 Å². The number of hydrogen-bond donors (Lipinski definition) is 1. The second kappa shape index (κ2) is 2.91. The van der Waals surface area contributed by atoms with Gasteiger partial charge in [0.25, 0.3) is 5.95 Å². The molecule has 6 nitrogen and oxygen atoms in total. The lowest BCUT2D eigenvalue weighted by Crippen LogP contribution is -2.01. The molecule has 13 heavy (non-hydrogen) atoms. The molecule has 0 aliphatic heterocycles. The highest BCUT2D eigenvalue weighted by Crippen LogP contribution is 2.20. The van der Waals surface area contributed by atoms with Crippen LogP contribution in [-0.2, 0) is 0 Å². The topological polar surface area (TPSA) is 72.3 Å². The van der Waals surface area contributed by atoms with Crippen molar-refractivity contribution < 1.29 is 0 Å². The first-order valence-electron chi connectivity index (χ1n) is 3.65. The molecule has 0 spiro atoms. The lowest BCUT2D eigenvalue weighted by atomic mass is 10.4. The van der Waals surface area contributed by atoms with E-state index in [9.17, 15) is 0 Å². The number of H-pyrrole nitrogens is 1. The van der Waals surface area contributed by atoms with E-state index in [0.29, 0.717) is 5.95 Å². The van der Waals surface area contributed by atoms with Gasteiger partial charge in [0.2, 0.25) is 0 Å². The first kappa shape index (κ1) is 8.36. The summed E-state index contributed by atoms with van der Waals surface area (Å²) < 4.78 is 2.60. The van der Waals surface area contributed by atoms with Crippen LogP contribution in [0.15, 0.2) is 4.47 Å². The van der Waals surface area contributed by atoms with Crippen LogP contribution < -0.4 is 0 Å². The van der Waals surface area contributed by atoms with Gasteiger partial charge in [0.15, 0.2) is 0 Å². The van der Waals surface area contributed by atoms with Crippen LogP contribution in [0.5, 0.6) is 0 Å². The molecule has 2 rings (SSSR count). The van der Waals surface area contributed by atoms with Crippen LogP contribution in [-0.4, -0.2) is 30.4 Å². The third kappa shape index (κ3) is 1.24. The molecule has 0 fully saturated rings. The van der Waals surface area contributed by atoms with E-state index in [1.807, 2.05) is 13.8 Å². The van der Waals surface area contributed by atoms with Crippen LogP contribution in [0, 0.1) is 13.8 Å². The zero-order valence-electron chi connectivity index (χ0n) is 7.11. The molecule has 0 atom stereocenters. The second-order valence-electron chi connectivity index (χ2n) is 2.61. The highest BCUT2D eigenvalue weighted by Gasteiger charge is 2.12. The molecule has 2 aromatic rings. The van der Waals surface area contributed by atoms with Crippen LogP contribution in [0.2, 0.25) is 0 Å². The van der Waals surface area contributed by atoms with Crippen molar-refractivity contribution in [3.63, 3.8) is 0 Å². The van der Waals surface area contributed by atoms with Crippen LogP contribution in [0.1, 0.15) is 11.4 Å². The predicted octanol–water partition coefficient (Wildman–Crippen LogP) is 0.765. The standard InChI is InChI=1S/C6H7BrN6/c1-3-5(7)4(2)13(10-3)6-8-11-12-9-6/h1-2H3,(H,8,9,11,12). The fourth-order valence-corrected chi connectivity index (χ4v) is 1.31. The predicted molar refractivity (Wildman–Crippen MR) is 48.5 cm³/mol. The number of nitrogens with zero attached hydrogens (tertiary/aromatic N) is 5. The summed E-state index contributed by atoms with van der Waals surface area (Å²) in [6.45, 7) is 3.84. The quantitative estimate of drug-likeness (QED) is 0.802. The summed E-state index contributed by atoms with van der Waals surface area (Å²) in [4.78, 5) is 0. The minimum Gasteiger partial charge on any atom is -0.199 e. The smallest absolute Gasteiger partial charge is 0.199 e. The molecule has 0 unspecified atom stereocenters. The molecule has 2 heterocycles. The molecule has 0 aliphatic carbocycles. The molecule has 68 valence electrons. The van der Waals surface area contributed by atoms with Gasteiger partial charge in [-0.3, -0.25) is 0 Å². The first-order chi connectivity index (χ1) is 6.20. The number of tetrazole rings is 1. The third-order valence-electron chi connectivity index (χ3n) is 1.73. The summed E-state index contributed by atoms with van der Waals surface area (Å²) >= 11 is 3.42. The second-order valence-corrected chi connectivity index (χ2v) is 3.40. The van der Waals surface area contributed by atoms with E-state index in [0.717, 1.165) is 15.9 Å². The van der Waals surface area contributed by atoms with Gasteiger partial charge in [0.05, 0.1) is 15.9 Å². The van der Waals surface area contributed by atoms with Crippen LogP contribution >= 0.6 is 15.9 Å². The molecule has 0 saturated heterocycles. The van der Waals surface area contributed by atoms with E-state index in [4.69, 9.17) is 0 Å². The van der Waals surface area contributed by atoms with Crippen molar-refractivity contribution >= 4 is 15.9 Å². The maximum absolute atomic E-state index is 4.24. The lowest BCUT2D eigenvalue weighted by molar-refractivity contribution is 0.776. The summed E-state index contributed by atoms with van der Waals surface area (Å²) in [5.74, 6) is 0.450. The van der Waals surface area contributed by atoms with E-state index in [1.54, 1.807) is 4.68 Å². The largest absolute Gasteiger partial charge is 0.290 e. The Labute approximate surface area is 82.5 Å². The fraction of sp³-hybridized carbons (Fsp3) is 0.333. The Kier molecular flexibility index (Phi) is 1.87. The number of aryl methyl sites for hydroxylation is 1. The molecule has 0 bridgehead atoms. The third-order valence-corrected chi connectivity index (χ3v) is 2.87. The SMILES string of the molecule is Cc1nn(-c2nn[nH]n2)c(C)c1Br. The zero-order valence-corrected chi connectivity index (χ0v) is 8.70. The highest BCUT2D eigenvalue weighted by atomic mass is 79.9. The summed E-state index contributed by atoms with van der Waals surface area (Å²) in [5.41, 5.74) is 1.86. The Morgan fingerprint density at radius 3 is 2.62 bits per heavy atom. The number of aromatic amines is 1. The van der Waals surface area contributed by atoms with Crippen molar-refractivity contribution in [3.05, 3.63) is 15.9 Å². The van der Waals surface area contributed by atoms with Crippen molar-refractivity contribution in [1.29, 1.82) is 0 Å². The molecule has 0 saturated carbocycles. The van der Waals surface area contributed by atoms with E-state index in [2.05, 4.69) is 41.7 Å². The summed E-state index contributed by atoms with van der Waals surface area (Å²) in [6.07, 6.45) is 0. The molecular weight excluding hydrogens is 236 g/mol. The Morgan fingerprint density at radius 1 is 1.38 bits per heavy atom. The highest BCUT2D eigenvalue weighted by molar-refractivity contribution is 9.10. The molecule has 1 N–H and O–H groups in total. The van der Waals surface area contributed by atoms with Gasteiger partial charge in [0, 0.05) is 0 Å². The van der Waals surface area contributed by atoms with Gasteiger partial charge in [-0.1, -0.05) is 5.10 Å². The van der Waals surface area contributed by atoms with Crippen molar-refractivity contribution in [1.82, 2.24) is 30.4 Å². The molecule has 7 heteroatoms. The first-order valence-corrected chi connectivity index (χ1v) is 4.45. The summed E-state index contributed by atoms with van der Waals surface area (Å²) in [5, 5.41) is 17.7. The number of hydrogen-bond acceptors (Lipinski definition) is 4. The number of rotatable bonds is 1. The Hall–Kier alpha value is -1.24. The average Bonchev–Trinajstić information content (AvgIpc) is 2.70. The lowest BCUT2D eigenvalue weighted by Gasteiger charge is -1.94. The monoisotopic (exact) mass is 242 g/mol.